The summed E-state index contributed by atoms with van der Waals surface area (Å²) in [4.78, 5) is 5.51. The maximum absolute atomic E-state index is 9.38. The minimum absolute atomic E-state index is 0.0533. The second-order valence-corrected chi connectivity index (χ2v) is 5.63. The predicted molar refractivity (Wildman–Crippen MR) is 61.9 cm³/mol. The third-order valence-corrected chi connectivity index (χ3v) is 3.83. The average Bonchev–Trinajstić information content (AvgIpc) is 2.76. The fourth-order valence-corrected chi connectivity index (χ4v) is 2.88. The Kier molecular flexibility index (Phi) is 3.72. The lowest BCUT2D eigenvalue weighted by molar-refractivity contribution is 0.177. The number of aryl methyl sites for hydroxylation is 1. The van der Waals surface area contributed by atoms with Crippen molar-refractivity contribution in [3.63, 3.8) is 0 Å². The van der Waals surface area contributed by atoms with Crippen molar-refractivity contribution in [2.45, 2.75) is 38.8 Å². The van der Waals surface area contributed by atoms with E-state index in [1.165, 1.54) is 4.88 Å². The average molecular weight is 226 g/mol. The molecule has 1 saturated carbocycles. The van der Waals surface area contributed by atoms with E-state index in [2.05, 4.69) is 10.3 Å². The largest absolute Gasteiger partial charge is 0.393 e. The molecule has 2 rings (SSSR count). The highest BCUT2D eigenvalue weighted by Gasteiger charge is 2.21. The minimum Gasteiger partial charge on any atom is -0.393 e. The van der Waals surface area contributed by atoms with Crippen LogP contribution in [-0.4, -0.2) is 22.7 Å². The van der Waals surface area contributed by atoms with E-state index in [9.17, 15) is 5.11 Å². The molecule has 0 aromatic carbocycles. The summed E-state index contributed by atoms with van der Waals surface area (Å²) in [6.45, 7) is 3.97. The summed E-state index contributed by atoms with van der Waals surface area (Å²) in [5.74, 6) is 0.661. The Bertz CT molecular complexity index is 313. The van der Waals surface area contributed by atoms with Gasteiger partial charge in [0, 0.05) is 17.6 Å². The molecule has 4 heteroatoms. The van der Waals surface area contributed by atoms with Crippen molar-refractivity contribution in [2.75, 3.05) is 6.54 Å². The lowest BCUT2D eigenvalue weighted by Crippen LogP contribution is -2.20. The van der Waals surface area contributed by atoms with Gasteiger partial charge >= 0.3 is 0 Å². The van der Waals surface area contributed by atoms with Crippen LogP contribution < -0.4 is 5.32 Å². The Labute approximate surface area is 94.5 Å². The van der Waals surface area contributed by atoms with Gasteiger partial charge in [0.1, 0.15) is 0 Å². The number of hydrogen-bond donors (Lipinski definition) is 2. The lowest BCUT2D eigenvalue weighted by atomic mass is 10.1. The molecular formula is C11H18N2OS. The molecule has 2 atom stereocenters. The van der Waals surface area contributed by atoms with Crippen LogP contribution in [0.4, 0.5) is 0 Å². The molecule has 1 heterocycles. The van der Waals surface area contributed by atoms with E-state index < -0.39 is 0 Å². The quantitative estimate of drug-likeness (QED) is 0.821. The molecule has 0 saturated heterocycles. The van der Waals surface area contributed by atoms with E-state index in [1.807, 2.05) is 13.1 Å². The van der Waals surface area contributed by atoms with Gasteiger partial charge in [0.2, 0.25) is 0 Å². The van der Waals surface area contributed by atoms with Crippen LogP contribution in [0.5, 0.6) is 0 Å². The van der Waals surface area contributed by atoms with Gasteiger partial charge in [0.25, 0.3) is 0 Å². The third kappa shape index (κ3) is 3.26. The molecule has 1 fully saturated rings. The van der Waals surface area contributed by atoms with Crippen molar-refractivity contribution in [3.8, 4) is 0 Å². The standard InChI is InChI=1S/C11H18N2OS/c1-8-13-7-11(15-8)6-12-5-9-2-3-10(14)4-9/h7,9-10,12,14H,2-6H2,1H3. The Morgan fingerprint density at radius 3 is 3.07 bits per heavy atom. The van der Waals surface area contributed by atoms with Gasteiger partial charge in [0.15, 0.2) is 0 Å². The topological polar surface area (TPSA) is 45.2 Å². The summed E-state index contributed by atoms with van der Waals surface area (Å²) < 4.78 is 0. The molecule has 3 nitrogen and oxygen atoms in total. The van der Waals surface area contributed by atoms with Crippen LogP contribution in [0.2, 0.25) is 0 Å². The number of rotatable bonds is 4. The highest BCUT2D eigenvalue weighted by Crippen LogP contribution is 2.24. The van der Waals surface area contributed by atoms with Crippen LogP contribution in [-0.2, 0) is 6.54 Å². The third-order valence-electron chi connectivity index (χ3n) is 2.91. The van der Waals surface area contributed by atoms with Crippen LogP contribution in [0.3, 0.4) is 0 Å². The van der Waals surface area contributed by atoms with Crippen LogP contribution in [0.1, 0.15) is 29.1 Å². The zero-order valence-corrected chi connectivity index (χ0v) is 9.89. The number of hydrogen-bond acceptors (Lipinski definition) is 4. The van der Waals surface area contributed by atoms with Gasteiger partial charge in [0.05, 0.1) is 11.1 Å². The second kappa shape index (κ2) is 5.05. The first kappa shape index (κ1) is 11.0. The molecule has 1 aliphatic carbocycles. The van der Waals surface area contributed by atoms with Gasteiger partial charge in [-0.2, -0.15) is 0 Å². The highest BCUT2D eigenvalue weighted by atomic mass is 32.1. The summed E-state index contributed by atoms with van der Waals surface area (Å²) in [7, 11) is 0. The molecule has 0 aliphatic heterocycles. The van der Waals surface area contributed by atoms with Crippen molar-refractivity contribution >= 4 is 11.3 Å². The van der Waals surface area contributed by atoms with Crippen molar-refractivity contribution in [3.05, 3.63) is 16.1 Å². The molecule has 1 aromatic rings. The fourth-order valence-electron chi connectivity index (χ4n) is 2.12. The first-order valence-electron chi connectivity index (χ1n) is 5.54. The highest BCUT2D eigenvalue weighted by molar-refractivity contribution is 7.11. The van der Waals surface area contributed by atoms with E-state index in [1.54, 1.807) is 11.3 Å². The van der Waals surface area contributed by atoms with E-state index >= 15 is 0 Å². The van der Waals surface area contributed by atoms with Crippen molar-refractivity contribution in [2.24, 2.45) is 5.92 Å². The number of nitrogens with zero attached hydrogens (tertiary/aromatic N) is 1. The normalized spacial score (nSPS) is 26.0. The fraction of sp³-hybridized carbons (Fsp3) is 0.727. The van der Waals surface area contributed by atoms with E-state index in [-0.39, 0.29) is 6.10 Å². The van der Waals surface area contributed by atoms with Gasteiger partial charge in [-0.1, -0.05) is 0 Å². The monoisotopic (exact) mass is 226 g/mol. The van der Waals surface area contributed by atoms with E-state index in [0.29, 0.717) is 5.92 Å². The van der Waals surface area contributed by atoms with Gasteiger partial charge in [-0.15, -0.1) is 11.3 Å². The van der Waals surface area contributed by atoms with Gasteiger partial charge in [-0.3, -0.25) is 0 Å². The zero-order chi connectivity index (χ0) is 10.7. The van der Waals surface area contributed by atoms with E-state index in [0.717, 1.165) is 37.4 Å². The Morgan fingerprint density at radius 1 is 1.60 bits per heavy atom. The summed E-state index contributed by atoms with van der Waals surface area (Å²) >= 11 is 1.75. The summed E-state index contributed by atoms with van der Waals surface area (Å²) in [5.41, 5.74) is 0. The van der Waals surface area contributed by atoms with Crippen LogP contribution >= 0.6 is 11.3 Å². The maximum Gasteiger partial charge on any atom is 0.0897 e. The Balaban J connectivity index is 1.67. The van der Waals surface area contributed by atoms with Gasteiger partial charge < -0.3 is 10.4 Å². The van der Waals surface area contributed by atoms with Crippen LogP contribution in [0, 0.1) is 12.8 Å². The molecule has 15 heavy (non-hydrogen) atoms. The number of nitrogens with one attached hydrogen (secondary N) is 1. The van der Waals surface area contributed by atoms with Crippen molar-refractivity contribution in [1.29, 1.82) is 0 Å². The summed E-state index contributed by atoms with van der Waals surface area (Å²) in [5, 5.41) is 13.9. The molecule has 0 radical (unpaired) electrons. The number of thiazole rings is 1. The van der Waals surface area contributed by atoms with Crippen LogP contribution in [0.15, 0.2) is 6.20 Å². The van der Waals surface area contributed by atoms with Gasteiger partial charge in [-0.25, -0.2) is 4.98 Å². The molecule has 0 amide bonds. The Hall–Kier alpha value is -0.450. The molecule has 1 aromatic heterocycles. The lowest BCUT2D eigenvalue weighted by Gasteiger charge is -2.09. The van der Waals surface area contributed by atoms with Crippen LogP contribution in [0.25, 0.3) is 0 Å². The molecule has 2 N–H and O–H groups in total. The molecule has 0 bridgehead atoms. The maximum atomic E-state index is 9.38. The smallest absolute Gasteiger partial charge is 0.0897 e. The first-order chi connectivity index (χ1) is 7.24. The minimum atomic E-state index is -0.0533. The zero-order valence-electron chi connectivity index (χ0n) is 9.07. The molecule has 84 valence electrons. The molecular weight excluding hydrogens is 208 g/mol. The van der Waals surface area contributed by atoms with Crippen molar-refractivity contribution in [1.82, 2.24) is 10.3 Å². The predicted octanol–water partition coefficient (Wildman–Crippen LogP) is 1.70. The SMILES string of the molecule is Cc1ncc(CNCC2CCC(O)C2)s1. The summed E-state index contributed by atoms with van der Waals surface area (Å²) in [6.07, 6.45) is 5.00. The summed E-state index contributed by atoms with van der Waals surface area (Å²) in [6, 6.07) is 0. The molecule has 2 unspecified atom stereocenters. The van der Waals surface area contributed by atoms with Gasteiger partial charge in [-0.05, 0) is 38.6 Å². The molecule has 1 aliphatic rings. The molecule has 0 spiro atoms. The number of aromatic nitrogens is 1. The number of aliphatic hydroxyl groups excluding tert-OH is 1. The number of aliphatic hydroxyl groups is 1. The van der Waals surface area contributed by atoms with E-state index in [4.69, 9.17) is 0 Å². The van der Waals surface area contributed by atoms with Crippen molar-refractivity contribution < 1.29 is 5.11 Å². The Morgan fingerprint density at radius 2 is 2.47 bits per heavy atom. The second-order valence-electron chi connectivity index (χ2n) is 4.31. The first-order valence-corrected chi connectivity index (χ1v) is 6.36.